The summed E-state index contributed by atoms with van der Waals surface area (Å²) in [5.41, 5.74) is 0. The number of carbonyl (C=O) groups is 2. The minimum Gasteiger partial charge on any atom is -0.466 e. The summed E-state index contributed by atoms with van der Waals surface area (Å²) >= 11 is 0. The largest absolute Gasteiger partial charge is 0.466 e. The zero-order valence-corrected chi connectivity index (χ0v) is 8.82. The maximum absolute atomic E-state index is 10.7. The van der Waals surface area contributed by atoms with Gasteiger partial charge in [-0.3, -0.25) is 14.2 Å². The van der Waals surface area contributed by atoms with E-state index >= 15 is 0 Å². The van der Waals surface area contributed by atoms with E-state index in [9.17, 15) is 14.2 Å². The number of carbonyl (C=O) groups excluding carboxylic acids is 2. The summed E-state index contributed by atoms with van der Waals surface area (Å²) in [7, 11) is -2.83. The lowest BCUT2D eigenvalue weighted by Gasteiger charge is -2.03. The van der Waals surface area contributed by atoms with Crippen LogP contribution in [0.4, 0.5) is 0 Å². The maximum atomic E-state index is 10.7. The van der Waals surface area contributed by atoms with E-state index in [0.717, 1.165) is 0 Å². The monoisotopic (exact) mass is 224 g/mol. The van der Waals surface area contributed by atoms with Crippen LogP contribution in [-0.2, 0) is 23.6 Å². The first-order valence-corrected chi connectivity index (χ1v) is 5.65. The van der Waals surface area contributed by atoms with Gasteiger partial charge in [0, 0.05) is 0 Å². The van der Waals surface area contributed by atoms with E-state index in [1.165, 1.54) is 0 Å². The lowest BCUT2D eigenvalue weighted by molar-refractivity contribution is -0.147. The van der Waals surface area contributed by atoms with Gasteiger partial charge < -0.3 is 14.4 Å². The van der Waals surface area contributed by atoms with Crippen molar-refractivity contribution in [2.24, 2.45) is 0 Å². The van der Waals surface area contributed by atoms with Gasteiger partial charge in [-0.2, -0.15) is 0 Å². The van der Waals surface area contributed by atoms with Gasteiger partial charge in [-0.15, -0.1) is 0 Å². The second-order valence-electron chi connectivity index (χ2n) is 2.35. The molecule has 0 aliphatic carbocycles. The van der Waals surface area contributed by atoms with Crippen LogP contribution in [0.3, 0.4) is 0 Å². The molecule has 7 heteroatoms. The van der Waals surface area contributed by atoms with Gasteiger partial charge in [0.2, 0.25) is 0 Å². The Balaban J connectivity index is 3.49. The summed E-state index contributed by atoms with van der Waals surface area (Å²) in [5, 5.41) is 0. The van der Waals surface area contributed by atoms with Gasteiger partial charge in [0.05, 0.1) is 13.0 Å². The molecule has 0 spiro atoms. The first-order chi connectivity index (χ1) is 6.56. The minimum absolute atomic E-state index is 0.0358. The Bertz CT molecular complexity index is 226. The predicted octanol–water partition coefficient (Wildman–Crippen LogP) is -0.0502. The van der Waals surface area contributed by atoms with Crippen LogP contribution < -0.4 is 0 Å². The third-order valence-corrected chi connectivity index (χ3v) is 1.76. The average Bonchev–Trinajstić information content (AvgIpc) is 2.02. The highest BCUT2D eigenvalue weighted by atomic mass is 31.1. The van der Waals surface area contributed by atoms with E-state index < -0.39 is 26.1 Å². The molecule has 0 saturated heterocycles. The van der Waals surface area contributed by atoms with Gasteiger partial charge >= 0.3 is 11.9 Å². The van der Waals surface area contributed by atoms with Gasteiger partial charge in [-0.1, -0.05) is 0 Å². The van der Waals surface area contributed by atoms with Crippen molar-refractivity contribution in [3.63, 3.8) is 0 Å². The Morgan fingerprint density at radius 2 is 1.93 bits per heavy atom. The Labute approximate surface area is 82.1 Å². The van der Waals surface area contributed by atoms with Gasteiger partial charge in [-0.05, 0) is 6.92 Å². The Morgan fingerprint density at radius 3 is 2.43 bits per heavy atom. The second kappa shape index (κ2) is 7.53. The lowest BCUT2D eigenvalue weighted by Crippen LogP contribution is -2.13. The molecule has 6 nitrogen and oxygen atoms in total. The first-order valence-electron chi connectivity index (χ1n) is 4.09. The quantitative estimate of drug-likeness (QED) is 0.502. The van der Waals surface area contributed by atoms with Crippen LogP contribution in [-0.4, -0.2) is 36.2 Å². The Hall–Kier alpha value is -0.870. The topological polar surface area (TPSA) is 89.9 Å². The maximum Gasteiger partial charge on any atom is 0.315 e. The number of rotatable bonds is 6. The molecule has 1 atom stereocenters. The van der Waals surface area contributed by atoms with Gasteiger partial charge in [-0.25, -0.2) is 0 Å². The molecule has 0 aromatic carbocycles. The average molecular weight is 224 g/mol. The van der Waals surface area contributed by atoms with Crippen molar-refractivity contribution in [1.29, 1.82) is 0 Å². The normalized spacial score (nSPS) is 11.9. The number of ether oxygens (including phenoxy) is 2. The van der Waals surface area contributed by atoms with Crippen molar-refractivity contribution < 1.29 is 28.5 Å². The molecule has 0 fully saturated rings. The fourth-order valence-electron chi connectivity index (χ4n) is 0.656. The standard InChI is InChI=1S/C7H13O6P/c1-2-12-6(8)3-4-13-7(9)5-14(10)11/h14H,2-5H2,1H3,(H,10,11). The van der Waals surface area contributed by atoms with Crippen LogP contribution in [0.2, 0.25) is 0 Å². The fraction of sp³-hybridized carbons (Fsp3) is 0.714. The van der Waals surface area contributed by atoms with Crippen molar-refractivity contribution in [3.05, 3.63) is 0 Å². The molecule has 0 heterocycles. The van der Waals surface area contributed by atoms with Crippen LogP contribution in [0.15, 0.2) is 0 Å². The molecular formula is C7H13O6P. The van der Waals surface area contributed by atoms with E-state index in [4.69, 9.17) is 4.89 Å². The smallest absolute Gasteiger partial charge is 0.315 e. The van der Waals surface area contributed by atoms with Gasteiger partial charge in [0.15, 0.2) is 8.03 Å². The molecule has 1 unspecified atom stereocenters. The van der Waals surface area contributed by atoms with E-state index in [0.29, 0.717) is 0 Å². The Kier molecular flexibility index (Phi) is 7.06. The summed E-state index contributed by atoms with van der Waals surface area (Å²) in [6.07, 6.45) is -0.542. The molecule has 82 valence electrons. The second-order valence-corrected chi connectivity index (χ2v) is 3.49. The van der Waals surface area contributed by atoms with Crippen LogP contribution in [0.1, 0.15) is 13.3 Å². The SMILES string of the molecule is CCOC(=O)CCOC(=O)C[PH](=O)O. The zero-order chi connectivity index (χ0) is 11.0. The highest BCUT2D eigenvalue weighted by Crippen LogP contribution is 2.11. The van der Waals surface area contributed by atoms with Crippen molar-refractivity contribution in [2.45, 2.75) is 13.3 Å². The van der Waals surface area contributed by atoms with Crippen LogP contribution in [0.25, 0.3) is 0 Å². The zero-order valence-electron chi connectivity index (χ0n) is 7.82. The van der Waals surface area contributed by atoms with Crippen molar-refractivity contribution in [3.8, 4) is 0 Å². The van der Waals surface area contributed by atoms with E-state index in [-0.39, 0.29) is 19.6 Å². The van der Waals surface area contributed by atoms with Crippen molar-refractivity contribution >= 4 is 20.0 Å². The summed E-state index contributed by atoms with van der Waals surface area (Å²) in [6, 6.07) is 0. The molecule has 0 amide bonds. The molecule has 14 heavy (non-hydrogen) atoms. The summed E-state index contributed by atoms with van der Waals surface area (Å²) in [6.45, 7) is 1.83. The molecule has 0 aromatic heterocycles. The van der Waals surface area contributed by atoms with Crippen molar-refractivity contribution in [1.82, 2.24) is 0 Å². The highest BCUT2D eigenvalue weighted by Gasteiger charge is 2.08. The highest BCUT2D eigenvalue weighted by molar-refractivity contribution is 7.39. The minimum atomic E-state index is -2.83. The molecule has 1 N–H and O–H groups in total. The third-order valence-electron chi connectivity index (χ3n) is 1.17. The van der Waals surface area contributed by atoms with Crippen LogP contribution >= 0.6 is 8.03 Å². The Morgan fingerprint density at radius 1 is 1.29 bits per heavy atom. The van der Waals surface area contributed by atoms with Gasteiger partial charge in [0.1, 0.15) is 12.8 Å². The third kappa shape index (κ3) is 7.76. The predicted molar refractivity (Wildman–Crippen MR) is 48.3 cm³/mol. The molecular weight excluding hydrogens is 211 g/mol. The summed E-state index contributed by atoms with van der Waals surface area (Å²) < 4.78 is 19.3. The summed E-state index contributed by atoms with van der Waals surface area (Å²) in [4.78, 5) is 29.8. The summed E-state index contributed by atoms with van der Waals surface area (Å²) in [5.74, 6) is -1.24. The molecule has 0 aliphatic rings. The molecule has 0 saturated carbocycles. The van der Waals surface area contributed by atoms with Crippen LogP contribution in [0, 0.1) is 0 Å². The van der Waals surface area contributed by atoms with E-state index in [1.54, 1.807) is 6.92 Å². The molecule has 0 radical (unpaired) electrons. The van der Waals surface area contributed by atoms with E-state index in [1.807, 2.05) is 0 Å². The molecule has 0 aromatic rings. The van der Waals surface area contributed by atoms with Crippen LogP contribution in [0.5, 0.6) is 0 Å². The van der Waals surface area contributed by atoms with Gasteiger partial charge in [0.25, 0.3) is 0 Å². The van der Waals surface area contributed by atoms with E-state index in [2.05, 4.69) is 9.47 Å². The number of esters is 2. The molecule has 0 bridgehead atoms. The van der Waals surface area contributed by atoms with Crippen molar-refractivity contribution in [2.75, 3.05) is 19.4 Å². The number of hydrogen-bond acceptors (Lipinski definition) is 5. The fourth-order valence-corrected chi connectivity index (χ4v) is 1.00. The molecule has 0 aliphatic heterocycles. The number of hydrogen-bond donors (Lipinski definition) is 1. The lowest BCUT2D eigenvalue weighted by atomic mass is 10.5. The molecule has 0 rings (SSSR count). The first kappa shape index (κ1) is 13.1.